The second kappa shape index (κ2) is 5.63. The monoisotopic (exact) mass is 297 g/mol. The molecule has 1 aromatic rings. The molecule has 0 radical (unpaired) electrons. The van der Waals surface area contributed by atoms with Crippen LogP contribution in [0, 0.1) is 6.92 Å². The number of aliphatic carboxylic acids is 1. The molecule has 1 aromatic carbocycles. The Morgan fingerprint density at radius 1 is 1.41 bits per heavy atom. The van der Waals surface area contributed by atoms with Crippen LogP contribution in [-0.2, 0) is 9.59 Å². The van der Waals surface area contributed by atoms with Crippen molar-refractivity contribution in [1.82, 2.24) is 0 Å². The van der Waals surface area contributed by atoms with Gasteiger partial charge in [-0.25, -0.2) is 4.79 Å². The molecule has 0 saturated carbocycles. The topological polar surface area (TPSA) is 66.4 Å². The molecule has 1 rings (SSSR count). The molecule has 1 amide bonds. The van der Waals surface area contributed by atoms with E-state index in [1.807, 2.05) is 13.0 Å². The summed E-state index contributed by atoms with van der Waals surface area (Å²) in [5.41, 5.74) is 1.71. The molecule has 90 valence electrons. The van der Waals surface area contributed by atoms with Crippen LogP contribution in [0.4, 0.5) is 5.69 Å². The van der Waals surface area contributed by atoms with E-state index in [1.165, 1.54) is 6.92 Å². The van der Waals surface area contributed by atoms with E-state index >= 15 is 0 Å². The molecule has 5 heteroatoms. The van der Waals surface area contributed by atoms with Crippen molar-refractivity contribution in [3.05, 3.63) is 39.9 Å². The van der Waals surface area contributed by atoms with Gasteiger partial charge in [-0.2, -0.15) is 0 Å². The Balaban J connectivity index is 2.85. The van der Waals surface area contributed by atoms with Gasteiger partial charge in [0.1, 0.15) is 0 Å². The molecule has 0 bridgehead atoms. The first kappa shape index (κ1) is 13.4. The molecule has 0 aliphatic carbocycles. The average Bonchev–Trinajstić information content (AvgIpc) is 2.21. The molecule has 4 nitrogen and oxygen atoms in total. The zero-order chi connectivity index (χ0) is 13.0. The Morgan fingerprint density at radius 3 is 2.59 bits per heavy atom. The Bertz CT molecular complexity index is 495. The third-order valence-corrected chi connectivity index (χ3v) is 2.63. The van der Waals surface area contributed by atoms with E-state index in [4.69, 9.17) is 5.11 Å². The average molecular weight is 298 g/mol. The Morgan fingerprint density at radius 2 is 2.06 bits per heavy atom. The van der Waals surface area contributed by atoms with E-state index in [-0.39, 0.29) is 5.57 Å². The van der Waals surface area contributed by atoms with E-state index in [9.17, 15) is 9.59 Å². The fraction of sp³-hybridized carbons (Fsp3) is 0.167. The van der Waals surface area contributed by atoms with Crippen LogP contribution in [0.5, 0.6) is 0 Å². The molecule has 0 atom stereocenters. The summed E-state index contributed by atoms with van der Waals surface area (Å²) in [4.78, 5) is 22.0. The van der Waals surface area contributed by atoms with Crippen molar-refractivity contribution >= 4 is 33.5 Å². The summed E-state index contributed by atoms with van der Waals surface area (Å²) in [6.45, 7) is 3.31. The molecule has 0 aromatic heterocycles. The number of nitrogens with one attached hydrogen (secondary N) is 1. The van der Waals surface area contributed by atoms with Gasteiger partial charge < -0.3 is 10.4 Å². The smallest absolute Gasteiger partial charge is 0.328 e. The van der Waals surface area contributed by atoms with Crippen LogP contribution >= 0.6 is 15.9 Å². The zero-order valence-electron chi connectivity index (χ0n) is 9.45. The number of carboxylic acid groups (broad SMARTS) is 1. The number of carboxylic acids is 1. The number of hydrogen-bond acceptors (Lipinski definition) is 2. The number of carbonyl (C=O) groups excluding carboxylic acids is 1. The Kier molecular flexibility index (Phi) is 4.45. The Labute approximate surface area is 107 Å². The quantitative estimate of drug-likeness (QED) is 0.843. The summed E-state index contributed by atoms with van der Waals surface area (Å²) in [7, 11) is 0. The summed E-state index contributed by atoms with van der Waals surface area (Å²) < 4.78 is 0.922. The number of carbonyl (C=O) groups is 2. The standard InChI is InChI=1S/C12H12BrNO3/c1-7-5-9(13)3-4-10(7)14-12(17)8(2)6-11(15)16/h3-6H,1-2H3,(H,14,17)(H,15,16)/b8-6+. The first-order valence-corrected chi connectivity index (χ1v) is 5.68. The minimum Gasteiger partial charge on any atom is -0.478 e. The summed E-state index contributed by atoms with van der Waals surface area (Å²) >= 11 is 3.32. The van der Waals surface area contributed by atoms with Crippen molar-refractivity contribution in [2.24, 2.45) is 0 Å². The number of aryl methyl sites for hydroxylation is 1. The largest absolute Gasteiger partial charge is 0.478 e. The maximum atomic E-state index is 11.6. The molecule has 0 aliphatic heterocycles. The van der Waals surface area contributed by atoms with Crippen molar-refractivity contribution < 1.29 is 14.7 Å². The lowest BCUT2D eigenvalue weighted by Crippen LogP contribution is -2.14. The molecular weight excluding hydrogens is 286 g/mol. The van der Waals surface area contributed by atoms with E-state index in [0.717, 1.165) is 16.1 Å². The third-order valence-electron chi connectivity index (χ3n) is 2.13. The van der Waals surface area contributed by atoms with Crippen LogP contribution in [0.3, 0.4) is 0 Å². The van der Waals surface area contributed by atoms with Crippen molar-refractivity contribution in [3.63, 3.8) is 0 Å². The molecule has 0 unspecified atom stereocenters. The lowest BCUT2D eigenvalue weighted by molar-refractivity contribution is -0.131. The lowest BCUT2D eigenvalue weighted by Gasteiger charge is -2.08. The Hall–Kier alpha value is -1.62. The maximum absolute atomic E-state index is 11.6. The van der Waals surface area contributed by atoms with Gasteiger partial charge in [0.25, 0.3) is 5.91 Å². The summed E-state index contributed by atoms with van der Waals surface area (Å²) in [6.07, 6.45) is 0.878. The van der Waals surface area contributed by atoms with Gasteiger partial charge in [0.15, 0.2) is 0 Å². The van der Waals surface area contributed by atoms with Crippen LogP contribution < -0.4 is 5.32 Å². The van der Waals surface area contributed by atoms with Crippen LogP contribution in [0.25, 0.3) is 0 Å². The maximum Gasteiger partial charge on any atom is 0.328 e. The third kappa shape index (κ3) is 4.03. The van der Waals surface area contributed by atoms with Crippen LogP contribution in [0.1, 0.15) is 12.5 Å². The number of amides is 1. The first-order chi connectivity index (χ1) is 7.90. The fourth-order valence-corrected chi connectivity index (χ4v) is 1.71. The predicted octanol–water partition coefficient (Wildman–Crippen LogP) is 2.73. The van der Waals surface area contributed by atoms with Gasteiger partial charge >= 0.3 is 5.97 Å². The highest BCUT2D eigenvalue weighted by Gasteiger charge is 2.08. The van der Waals surface area contributed by atoms with Crippen LogP contribution in [0.15, 0.2) is 34.3 Å². The van der Waals surface area contributed by atoms with Gasteiger partial charge in [-0.1, -0.05) is 15.9 Å². The van der Waals surface area contributed by atoms with E-state index in [0.29, 0.717) is 5.69 Å². The van der Waals surface area contributed by atoms with Crippen LogP contribution in [0.2, 0.25) is 0 Å². The normalized spacial score (nSPS) is 11.1. The van der Waals surface area contributed by atoms with E-state index < -0.39 is 11.9 Å². The van der Waals surface area contributed by atoms with E-state index in [2.05, 4.69) is 21.2 Å². The summed E-state index contributed by atoms with van der Waals surface area (Å²) in [5, 5.41) is 11.2. The molecule has 0 fully saturated rings. The highest BCUT2D eigenvalue weighted by Crippen LogP contribution is 2.20. The van der Waals surface area contributed by atoms with Gasteiger partial charge in [0.2, 0.25) is 0 Å². The number of rotatable bonds is 3. The second-order valence-electron chi connectivity index (χ2n) is 3.58. The number of hydrogen-bond donors (Lipinski definition) is 2. The number of benzene rings is 1. The van der Waals surface area contributed by atoms with Crippen LogP contribution in [-0.4, -0.2) is 17.0 Å². The van der Waals surface area contributed by atoms with Crippen molar-refractivity contribution in [2.75, 3.05) is 5.32 Å². The van der Waals surface area contributed by atoms with E-state index in [1.54, 1.807) is 12.1 Å². The van der Waals surface area contributed by atoms with Gasteiger partial charge in [0.05, 0.1) is 0 Å². The SMILES string of the molecule is C/C(=C\C(=O)O)C(=O)Nc1ccc(Br)cc1C. The number of anilines is 1. The summed E-state index contributed by atoms with van der Waals surface area (Å²) in [6, 6.07) is 5.43. The zero-order valence-corrected chi connectivity index (χ0v) is 11.0. The molecule has 0 saturated heterocycles. The van der Waals surface area contributed by atoms with Crippen molar-refractivity contribution in [1.29, 1.82) is 0 Å². The fourth-order valence-electron chi connectivity index (χ4n) is 1.24. The van der Waals surface area contributed by atoms with Crippen molar-refractivity contribution in [2.45, 2.75) is 13.8 Å². The molecule has 0 heterocycles. The highest BCUT2D eigenvalue weighted by molar-refractivity contribution is 9.10. The molecule has 17 heavy (non-hydrogen) atoms. The molecule has 0 spiro atoms. The lowest BCUT2D eigenvalue weighted by atomic mass is 10.2. The summed E-state index contributed by atoms with van der Waals surface area (Å²) in [5.74, 6) is -1.55. The minimum atomic E-state index is -1.13. The van der Waals surface area contributed by atoms with Gasteiger partial charge in [-0.15, -0.1) is 0 Å². The van der Waals surface area contributed by atoms with Gasteiger partial charge in [-0.3, -0.25) is 4.79 Å². The molecule has 0 aliphatic rings. The molecular formula is C12H12BrNO3. The number of halogens is 1. The minimum absolute atomic E-state index is 0.153. The van der Waals surface area contributed by atoms with Gasteiger partial charge in [-0.05, 0) is 37.6 Å². The second-order valence-corrected chi connectivity index (χ2v) is 4.49. The van der Waals surface area contributed by atoms with Gasteiger partial charge in [0, 0.05) is 21.8 Å². The highest BCUT2D eigenvalue weighted by atomic mass is 79.9. The van der Waals surface area contributed by atoms with Crippen molar-refractivity contribution in [3.8, 4) is 0 Å². The predicted molar refractivity (Wildman–Crippen MR) is 68.9 cm³/mol. The first-order valence-electron chi connectivity index (χ1n) is 4.89. The molecule has 2 N–H and O–H groups in total.